The highest BCUT2D eigenvalue weighted by Gasteiger charge is 2.38. The maximum Gasteiger partial charge on any atom is 0.313 e. The monoisotopic (exact) mass is 578 g/mol. The minimum Gasteiger partial charge on any atom is -0.469 e. The molecule has 0 saturated heterocycles. The van der Waals surface area contributed by atoms with Crippen molar-refractivity contribution in [2.24, 2.45) is 33.5 Å². The van der Waals surface area contributed by atoms with Crippen LogP contribution in [0.1, 0.15) is 83.1 Å². The first-order chi connectivity index (χ1) is 18.9. The van der Waals surface area contributed by atoms with E-state index in [-0.39, 0.29) is 11.6 Å². The molecule has 42 heavy (non-hydrogen) atoms. The number of ether oxygens (including phenoxy) is 2. The van der Waals surface area contributed by atoms with E-state index in [1.807, 2.05) is 83.1 Å². The summed E-state index contributed by atoms with van der Waals surface area (Å²) >= 11 is 0. The second-order valence-electron chi connectivity index (χ2n) is 15.3. The summed E-state index contributed by atoms with van der Waals surface area (Å²) in [5.41, 5.74) is 2.01. The molecule has 0 radical (unpaired) electrons. The van der Waals surface area contributed by atoms with E-state index in [1.54, 1.807) is 36.5 Å². The van der Waals surface area contributed by atoms with Gasteiger partial charge in [-0.2, -0.15) is 0 Å². The number of hydrogen-bond acceptors (Lipinski definition) is 6. The Kier molecular flexibility index (Phi) is 10.1. The first-order valence-electron chi connectivity index (χ1n) is 14.5. The molecule has 2 rings (SSSR count). The van der Waals surface area contributed by atoms with Crippen molar-refractivity contribution >= 4 is 23.5 Å². The summed E-state index contributed by atoms with van der Waals surface area (Å²) in [7, 11) is 2.56. The van der Waals surface area contributed by atoms with Crippen LogP contribution in [0.4, 0.5) is 0 Å². The highest BCUT2D eigenvalue weighted by Crippen LogP contribution is 2.41. The molecule has 2 aliphatic rings. The predicted molar refractivity (Wildman–Crippen MR) is 167 cm³/mol. The van der Waals surface area contributed by atoms with E-state index >= 15 is 0 Å². The number of hydrogen-bond donors (Lipinski definition) is 0. The Morgan fingerprint density at radius 3 is 0.905 bits per heavy atom. The van der Waals surface area contributed by atoms with Crippen LogP contribution < -0.4 is 0 Å². The van der Waals surface area contributed by atoms with Crippen LogP contribution in [0.25, 0.3) is 0 Å². The summed E-state index contributed by atoms with van der Waals surface area (Å²) in [4.78, 5) is 53.5. The fraction of sp³-hybridized carbons (Fsp3) is 0.556. The maximum absolute atomic E-state index is 13.5. The van der Waals surface area contributed by atoms with Crippen molar-refractivity contribution in [3.8, 4) is 0 Å². The SMILES string of the molecule is COC(=O)[C@@H](C=C1C=C(C(C)(C)C)C(=O)C(C(C)(C)C)=C1)[C@H](C=C1C=C(C(C)(C)C)C(=O)C(C(C)(C)C)=C1)C(=O)OC. The van der Waals surface area contributed by atoms with Gasteiger partial charge in [0.25, 0.3) is 0 Å². The summed E-state index contributed by atoms with van der Waals surface area (Å²) in [6.07, 6.45) is 10.6. The van der Waals surface area contributed by atoms with Crippen molar-refractivity contribution in [2.45, 2.75) is 83.1 Å². The average molecular weight is 579 g/mol. The van der Waals surface area contributed by atoms with Gasteiger partial charge in [-0.3, -0.25) is 19.2 Å². The lowest BCUT2D eigenvalue weighted by Crippen LogP contribution is -2.31. The van der Waals surface area contributed by atoms with Crippen LogP contribution in [0.2, 0.25) is 0 Å². The Labute approximate surface area is 252 Å². The molecular formula is C36H50O6. The smallest absolute Gasteiger partial charge is 0.313 e. The fourth-order valence-corrected chi connectivity index (χ4v) is 5.05. The number of methoxy groups -OCH3 is 2. The molecule has 0 N–H and O–H groups in total. The van der Waals surface area contributed by atoms with Gasteiger partial charge in [-0.25, -0.2) is 0 Å². The van der Waals surface area contributed by atoms with Gasteiger partial charge in [-0.1, -0.05) is 95.2 Å². The van der Waals surface area contributed by atoms with Gasteiger partial charge in [0.2, 0.25) is 0 Å². The molecule has 6 heteroatoms. The number of esters is 2. The van der Waals surface area contributed by atoms with E-state index in [2.05, 4.69) is 0 Å². The predicted octanol–water partition coefficient (Wildman–Crippen LogP) is 7.47. The standard InChI is InChI=1S/C36H50O6/c1-33(2,3)25-17-21(18-26(29(25)37)34(4,5)6)15-23(31(39)41-13)24(32(40)42-14)16-22-19-27(35(7,8)9)30(38)28(20-22)36(10,11)12/h15-20,23-24H,1-14H3/t23-,24-/m0/s1. The van der Waals surface area contributed by atoms with Crippen LogP contribution in [0.3, 0.4) is 0 Å². The van der Waals surface area contributed by atoms with E-state index in [0.717, 1.165) is 0 Å². The molecule has 0 aromatic heterocycles. The Bertz CT molecular complexity index is 1150. The molecule has 0 spiro atoms. The zero-order valence-corrected chi connectivity index (χ0v) is 28.1. The molecule has 0 aromatic carbocycles. The van der Waals surface area contributed by atoms with Crippen molar-refractivity contribution in [1.29, 1.82) is 0 Å². The van der Waals surface area contributed by atoms with Crippen LogP contribution in [0.5, 0.6) is 0 Å². The number of carbonyl (C=O) groups is 4. The van der Waals surface area contributed by atoms with Gasteiger partial charge in [0, 0.05) is 22.3 Å². The number of allylic oxidation sites excluding steroid dienone is 10. The van der Waals surface area contributed by atoms with E-state index < -0.39 is 45.4 Å². The summed E-state index contributed by atoms with van der Waals surface area (Å²) in [5, 5.41) is 0. The van der Waals surface area contributed by atoms with Gasteiger partial charge in [0.05, 0.1) is 26.1 Å². The van der Waals surface area contributed by atoms with Crippen LogP contribution in [-0.4, -0.2) is 37.7 Å². The van der Waals surface area contributed by atoms with Crippen LogP contribution in [0, 0.1) is 33.5 Å². The average Bonchev–Trinajstić information content (AvgIpc) is 2.83. The lowest BCUT2D eigenvalue weighted by Gasteiger charge is -2.32. The summed E-state index contributed by atoms with van der Waals surface area (Å²) in [6.45, 7) is 23.7. The Hall–Kier alpha value is -3.28. The van der Waals surface area contributed by atoms with Crippen molar-refractivity contribution in [3.63, 3.8) is 0 Å². The number of Topliss-reactive ketones (excluding diaryl/α,β-unsaturated/α-hetero) is 2. The van der Waals surface area contributed by atoms with Crippen molar-refractivity contribution in [2.75, 3.05) is 14.2 Å². The Morgan fingerprint density at radius 1 is 0.524 bits per heavy atom. The van der Waals surface area contributed by atoms with Gasteiger partial charge < -0.3 is 9.47 Å². The number of carbonyl (C=O) groups excluding carboxylic acids is 4. The molecular weight excluding hydrogens is 528 g/mol. The zero-order chi connectivity index (χ0) is 32.6. The van der Waals surface area contributed by atoms with Gasteiger partial charge >= 0.3 is 11.9 Å². The van der Waals surface area contributed by atoms with E-state index in [4.69, 9.17) is 9.47 Å². The van der Waals surface area contributed by atoms with Gasteiger partial charge in [0.15, 0.2) is 11.6 Å². The van der Waals surface area contributed by atoms with Crippen LogP contribution in [0.15, 0.2) is 69.9 Å². The summed E-state index contributed by atoms with van der Waals surface area (Å²) < 4.78 is 10.4. The minimum atomic E-state index is -1.05. The minimum absolute atomic E-state index is 0.0278. The van der Waals surface area contributed by atoms with Crippen LogP contribution >= 0.6 is 0 Å². The molecule has 6 nitrogen and oxygen atoms in total. The van der Waals surface area contributed by atoms with Crippen molar-refractivity contribution < 1.29 is 28.7 Å². The highest BCUT2D eigenvalue weighted by atomic mass is 16.5. The third kappa shape index (κ3) is 7.96. The molecule has 0 saturated carbocycles. The fourth-order valence-electron chi connectivity index (χ4n) is 5.05. The Balaban J connectivity index is 2.89. The molecule has 2 aliphatic carbocycles. The number of rotatable bonds is 5. The third-order valence-electron chi connectivity index (χ3n) is 7.53. The number of ketones is 2. The summed E-state index contributed by atoms with van der Waals surface area (Å²) in [5.74, 6) is -3.39. The highest BCUT2D eigenvalue weighted by molar-refractivity contribution is 6.12. The van der Waals surface area contributed by atoms with Crippen molar-refractivity contribution in [1.82, 2.24) is 0 Å². The first-order valence-corrected chi connectivity index (χ1v) is 14.5. The van der Waals surface area contributed by atoms with E-state index in [9.17, 15) is 19.2 Å². The molecule has 230 valence electrons. The molecule has 0 fully saturated rings. The lowest BCUT2D eigenvalue weighted by atomic mass is 9.71. The molecule has 0 heterocycles. The normalized spacial score (nSPS) is 18.3. The van der Waals surface area contributed by atoms with Crippen LogP contribution in [-0.2, 0) is 28.7 Å². The molecule has 2 atom stereocenters. The van der Waals surface area contributed by atoms with Gasteiger partial charge in [-0.05, 0) is 57.1 Å². The second-order valence-corrected chi connectivity index (χ2v) is 15.3. The third-order valence-corrected chi connectivity index (χ3v) is 7.53. The quantitative estimate of drug-likeness (QED) is 0.315. The first kappa shape index (κ1) is 34.9. The van der Waals surface area contributed by atoms with E-state index in [1.165, 1.54) is 14.2 Å². The molecule has 0 unspecified atom stereocenters. The molecule has 0 amide bonds. The molecule has 0 aliphatic heterocycles. The Morgan fingerprint density at radius 2 is 0.738 bits per heavy atom. The maximum atomic E-state index is 13.5. The zero-order valence-electron chi connectivity index (χ0n) is 28.1. The van der Waals surface area contributed by atoms with Crippen molar-refractivity contribution in [3.05, 3.63) is 69.9 Å². The molecule has 0 aromatic rings. The summed E-state index contributed by atoms with van der Waals surface area (Å²) in [6, 6.07) is 0. The topological polar surface area (TPSA) is 86.7 Å². The van der Waals surface area contributed by atoms with Gasteiger partial charge in [-0.15, -0.1) is 0 Å². The van der Waals surface area contributed by atoms with E-state index in [0.29, 0.717) is 33.4 Å². The molecule has 0 bridgehead atoms. The second kappa shape index (κ2) is 12.1. The van der Waals surface area contributed by atoms with Gasteiger partial charge in [0.1, 0.15) is 0 Å². The largest absolute Gasteiger partial charge is 0.469 e. The lowest BCUT2D eigenvalue weighted by molar-refractivity contribution is -0.153.